The number of hydrogen-bond acceptors (Lipinski definition) is 1. The molecular formula is C5H7N2O-. The normalized spacial score (nSPS) is 7.50. The molecule has 0 saturated heterocycles. The van der Waals surface area contributed by atoms with E-state index in [-0.39, 0.29) is 6.54 Å². The summed E-state index contributed by atoms with van der Waals surface area (Å²) in [6.07, 6.45) is 4.69. The average molecular weight is 111 g/mol. The predicted molar refractivity (Wildman–Crippen MR) is 31.0 cm³/mol. The van der Waals surface area contributed by atoms with E-state index in [1.165, 1.54) is 0 Å². The summed E-state index contributed by atoms with van der Waals surface area (Å²) >= 11 is 0. The zero-order chi connectivity index (χ0) is 6.41. The summed E-state index contributed by atoms with van der Waals surface area (Å²) in [6.45, 7) is 0.510. The summed E-state index contributed by atoms with van der Waals surface area (Å²) in [5.74, 6) is 1.42. The molecule has 0 aliphatic heterocycles. The maximum atomic E-state index is 10.1. The van der Waals surface area contributed by atoms with Gasteiger partial charge in [0.05, 0.1) is 0 Å². The topological polar surface area (TPSA) is 52.9 Å². The highest BCUT2D eigenvalue weighted by Gasteiger charge is 1.85. The van der Waals surface area contributed by atoms with Gasteiger partial charge in [0.25, 0.3) is 5.91 Å². The van der Waals surface area contributed by atoms with E-state index in [0.29, 0.717) is 6.54 Å². The molecule has 0 fully saturated rings. The van der Waals surface area contributed by atoms with Crippen molar-refractivity contribution in [1.29, 1.82) is 0 Å². The van der Waals surface area contributed by atoms with E-state index in [9.17, 15) is 4.79 Å². The number of hydrogen-bond donors (Lipinski definition) is 1. The summed E-state index contributed by atoms with van der Waals surface area (Å²) in [4.78, 5) is 10.1. The lowest BCUT2D eigenvalue weighted by Gasteiger charge is -1.98. The smallest absolute Gasteiger partial charge is 0.295 e. The van der Waals surface area contributed by atoms with Crippen molar-refractivity contribution >= 4 is 5.91 Å². The minimum atomic E-state index is -0.447. The molecule has 0 aromatic rings. The lowest BCUT2D eigenvalue weighted by molar-refractivity contribution is -0.115. The highest BCUT2D eigenvalue weighted by atomic mass is 16.1. The van der Waals surface area contributed by atoms with Gasteiger partial charge >= 0.3 is 0 Å². The molecule has 8 heavy (non-hydrogen) atoms. The minimum Gasteiger partial charge on any atom is -0.676 e. The predicted octanol–water partition coefficient (Wildman–Crippen LogP) is -0.212. The lowest BCUT2D eigenvalue weighted by Crippen LogP contribution is -2.23. The van der Waals surface area contributed by atoms with Crippen LogP contribution in [0, 0.1) is 12.3 Å². The van der Waals surface area contributed by atoms with Gasteiger partial charge in [0.15, 0.2) is 0 Å². The molecule has 0 rings (SSSR count). The third kappa shape index (κ3) is 3.19. The fourth-order valence-electron chi connectivity index (χ4n) is 0.227. The van der Waals surface area contributed by atoms with Crippen molar-refractivity contribution in [2.45, 2.75) is 0 Å². The molecule has 0 saturated carbocycles. The fourth-order valence-corrected chi connectivity index (χ4v) is 0.227. The van der Waals surface area contributed by atoms with Crippen molar-refractivity contribution in [3.8, 4) is 12.3 Å². The van der Waals surface area contributed by atoms with E-state index in [4.69, 9.17) is 5.73 Å². The first-order valence-corrected chi connectivity index (χ1v) is 2.20. The van der Waals surface area contributed by atoms with E-state index >= 15 is 0 Å². The molecule has 0 aromatic carbocycles. The van der Waals surface area contributed by atoms with Crippen LogP contribution in [0.2, 0.25) is 0 Å². The number of nitrogens with one attached hydrogen (secondary N) is 2. The van der Waals surface area contributed by atoms with Gasteiger partial charge in [-0.2, -0.15) is 0 Å². The Morgan fingerprint density at radius 1 is 1.88 bits per heavy atom. The van der Waals surface area contributed by atoms with Crippen LogP contribution in [0.3, 0.4) is 0 Å². The SMILES string of the molecule is C#CC(=O)NCC[NH-]. The summed E-state index contributed by atoms with van der Waals surface area (Å²) in [7, 11) is 0. The molecule has 0 atom stereocenters. The summed E-state index contributed by atoms with van der Waals surface area (Å²) in [5, 5.41) is 2.32. The van der Waals surface area contributed by atoms with Crippen LogP contribution in [0.4, 0.5) is 0 Å². The standard InChI is InChI=1S/C5H7N2O/c1-2-5(8)7-4-3-6/h1,6H,3-4H2,(H,7,8)/q-1. The average Bonchev–Trinajstić information content (AvgIpc) is 1.83. The van der Waals surface area contributed by atoms with Crippen LogP contribution in [-0.4, -0.2) is 19.0 Å². The monoisotopic (exact) mass is 111 g/mol. The van der Waals surface area contributed by atoms with Gasteiger partial charge in [-0.25, -0.2) is 0 Å². The summed E-state index contributed by atoms with van der Waals surface area (Å²) in [5.41, 5.74) is 6.59. The largest absolute Gasteiger partial charge is 0.676 e. The second kappa shape index (κ2) is 4.16. The van der Waals surface area contributed by atoms with Crippen molar-refractivity contribution in [3.63, 3.8) is 0 Å². The number of amides is 1. The number of carbonyl (C=O) groups is 1. The fraction of sp³-hybridized carbons (Fsp3) is 0.400. The van der Waals surface area contributed by atoms with Crippen molar-refractivity contribution in [2.75, 3.05) is 13.1 Å². The molecule has 0 spiro atoms. The molecule has 0 aromatic heterocycles. The van der Waals surface area contributed by atoms with Crippen molar-refractivity contribution < 1.29 is 4.79 Å². The van der Waals surface area contributed by atoms with Gasteiger partial charge in [-0.3, -0.25) is 4.79 Å². The van der Waals surface area contributed by atoms with Crippen LogP contribution in [0.25, 0.3) is 5.73 Å². The molecule has 44 valence electrons. The number of carbonyl (C=O) groups excluding carboxylic acids is 1. The van der Waals surface area contributed by atoms with Gasteiger partial charge in [0, 0.05) is 0 Å². The molecule has 1 amide bonds. The third-order valence-electron chi connectivity index (χ3n) is 0.542. The van der Waals surface area contributed by atoms with Crippen LogP contribution in [0.5, 0.6) is 0 Å². The highest BCUT2D eigenvalue weighted by Crippen LogP contribution is 1.61. The summed E-state index contributed by atoms with van der Waals surface area (Å²) < 4.78 is 0. The first kappa shape index (κ1) is 6.99. The lowest BCUT2D eigenvalue weighted by atomic mass is 10.6. The van der Waals surface area contributed by atoms with Crippen LogP contribution in [-0.2, 0) is 4.79 Å². The Hall–Kier alpha value is -1.01. The van der Waals surface area contributed by atoms with Crippen molar-refractivity contribution in [1.82, 2.24) is 5.32 Å². The van der Waals surface area contributed by atoms with Crippen molar-refractivity contribution in [3.05, 3.63) is 5.73 Å². The highest BCUT2D eigenvalue weighted by molar-refractivity contribution is 5.92. The molecule has 0 aliphatic rings. The molecule has 0 heterocycles. The Labute approximate surface area is 48.2 Å². The maximum Gasteiger partial charge on any atom is 0.295 e. The second-order valence-electron chi connectivity index (χ2n) is 1.15. The van der Waals surface area contributed by atoms with Gasteiger partial charge in [-0.05, 0) is 12.5 Å². The molecule has 0 unspecified atom stereocenters. The quantitative estimate of drug-likeness (QED) is 0.492. The Bertz CT molecular complexity index is 114. The van der Waals surface area contributed by atoms with E-state index in [2.05, 4.69) is 11.7 Å². The Balaban J connectivity index is 3.16. The first-order valence-electron chi connectivity index (χ1n) is 2.20. The molecule has 0 aliphatic carbocycles. The minimum absolute atomic E-state index is 0.174. The molecular weight excluding hydrogens is 104 g/mol. The Morgan fingerprint density at radius 3 is 2.88 bits per heavy atom. The molecule has 3 nitrogen and oxygen atoms in total. The molecule has 2 N–H and O–H groups in total. The van der Waals surface area contributed by atoms with Crippen LogP contribution < -0.4 is 5.32 Å². The molecule has 0 radical (unpaired) electrons. The summed E-state index contributed by atoms with van der Waals surface area (Å²) in [6, 6.07) is 0. The Kier molecular flexibility index (Phi) is 3.63. The zero-order valence-electron chi connectivity index (χ0n) is 4.40. The zero-order valence-corrected chi connectivity index (χ0v) is 4.40. The van der Waals surface area contributed by atoms with Crippen LogP contribution in [0.15, 0.2) is 0 Å². The molecule has 0 bridgehead atoms. The van der Waals surface area contributed by atoms with Gasteiger partial charge in [-0.15, -0.1) is 13.0 Å². The Morgan fingerprint density at radius 2 is 2.50 bits per heavy atom. The van der Waals surface area contributed by atoms with Crippen LogP contribution in [0.1, 0.15) is 0 Å². The van der Waals surface area contributed by atoms with E-state index in [1.807, 2.05) is 5.92 Å². The third-order valence-corrected chi connectivity index (χ3v) is 0.542. The van der Waals surface area contributed by atoms with Gasteiger partial charge in [0.1, 0.15) is 0 Å². The van der Waals surface area contributed by atoms with Crippen LogP contribution >= 0.6 is 0 Å². The number of terminal acetylenes is 1. The second-order valence-corrected chi connectivity index (χ2v) is 1.15. The first-order chi connectivity index (χ1) is 3.81. The van der Waals surface area contributed by atoms with E-state index in [1.54, 1.807) is 0 Å². The number of rotatable bonds is 2. The van der Waals surface area contributed by atoms with Gasteiger partial charge in [0.2, 0.25) is 0 Å². The maximum absolute atomic E-state index is 10.1. The van der Waals surface area contributed by atoms with E-state index in [0.717, 1.165) is 0 Å². The molecule has 3 heteroatoms. The van der Waals surface area contributed by atoms with Gasteiger partial charge < -0.3 is 11.1 Å². The van der Waals surface area contributed by atoms with Crippen molar-refractivity contribution in [2.24, 2.45) is 0 Å². The van der Waals surface area contributed by atoms with E-state index < -0.39 is 5.91 Å². The van der Waals surface area contributed by atoms with Gasteiger partial charge in [-0.1, -0.05) is 0 Å².